The molecule has 0 saturated carbocycles. The molecule has 142 valence electrons. The van der Waals surface area contributed by atoms with Crippen LogP contribution in [-0.4, -0.2) is 36.5 Å². The van der Waals surface area contributed by atoms with E-state index in [1.165, 1.54) is 11.3 Å². The first kappa shape index (κ1) is 18.8. The van der Waals surface area contributed by atoms with Crippen LogP contribution in [0.5, 0.6) is 17.2 Å². The van der Waals surface area contributed by atoms with Crippen molar-refractivity contribution in [2.24, 2.45) is 0 Å². The van der Waals surface area contributed by atoms with Crippen LogP contribution in [0.3, 0.4) is 0 Å². The molecule has 3 aromatic rings. The van der Waals surface area contributed by atoms with E-state index in [1.54, 1.807) is 37.4 Å². The maximum Gasteiger partial charge on any atom is 0.269 e. The number of thiophene rings is 1. The van der Waals surface area contributed by atoms with Crippen molar-refractivity contribution in [3.8, 4) is 17.2 Å². The normalized spacial score (nSPS) is 10.5. The van der Waals surface area contributed by atoms with Crippen molar-refractivity contribution in [1.82, 2.24) is 9.78 Å². The van der Waals surface area contributed by atoms with Crippen LogP contribution in [0.1, 0.15) is 22.2 Å². The van der Waals surface area contributed by atoms with Gasteiger partial charge in [-0.05, 0) is 24.4 Å². The van der Waals surface area contributed by atoms with E-state index in [0.717, 1.165) is 5.56 Å². The molecule has 0 aliphatic carbocycles. The molecule has 0 fully saturated rings. The molecule has 1 aromatic carbocycles. The molecule has 2 aromatic heterocycles. The Hall–Kier alpha value is -3.00. The van der Waals surface area contributed by atoms with Gasteiger partial charge >= 0.3 is 0 Å². The summed E-state index contributed by atoms with van der Waals surface area (Å²) in [5, 5.41) is 9.00. The molecule has 0 atom stereocenters. The van der Waals surface area contributed by atoms with Crippen LogP contribution in [0.4, 0.5) is 5.69 Å². The molecule has 0 aliphatic heterocycles. The fraction of sp³-hybridized carbons (Fsp3) is 0.263. The predicted molar refractivity (Wildman–Crippen MR) is 104 cm³/mol. The van der Waals surface area contributed by atoms with Gasteiger partial charge in [0.1, 0.15) is 10.6 Å². The van der Waals surface area contributed by atoms with Crippen molar-refractivity contribution in [3.63, 3.8) is 0 Å². The first-order valence-corrected chi connectivity index (χ1v) is 9.28. The Morgan fingerprint density at radius 1 is 1.22 bits per heavy atom. The van der Waals surface area contributed by atoms with Crippen LogP contribution in [0.25, 0.3) is 0 Å². The van der Waals surface area contributed by atoms with Crippen LogP contribution in [0, 0.1) is 0 Å². The Balaban J connectivity index is 1.72. The van der Waals surface area contributed by atoms with Gasteiger partial charge in [-0.3, -0.25) is 9.48 Å². The number of anilines is 1. The zero-order valence-electron chi connectivity index (χ0n) is 15.4. The predicted octanol–water partition coefficient (Wildman–Crippen LogP) is 3.66. The number of aromatic nitrogens is 2. The Morgan fingerprint density at radius 3 is 2.81 bits per heavy atom. The third kappa shape index (κ3) is 4.22. The molecule has 0 bridgehead atoms. The zero-order chi connectivity index (χ0) is 19.2. The van der Waals surface area contributed by atoms with Gasteiger partial charge in [0.25, 0.3) is 5.91 Å². The van der Waals surface area contributed by atoms with Gasteiger partial charge in [0.05, 0.1) is 39.3 Å². The molecule has 7 nitrogen and oxygen atoms in total. The van der Waals surface area contributed by atoms with Gasteiger partial charge in [0.2, 0.25) is 0 Å². The smallest absolute Gasteiger partial charge is 0.269 e. The summed E-state index contributed by atoms with van der Waals surface area (Å²) in [7, 11) is 3.21. The number of hydrogen-bond acceptors (Lipinski definition) is 6. The largest absolute Gasteiger partial charge is 0.493 e. The number of carbonyl (C=O) groups excluding carboxylic acids is 1. The van der Waals surface area contributed by atoms with Crippen LogP contribution >= 0.6 is 11.3 Å². The summed E-state index contributed by atoms with van der Waals surface area (Å²) in [6, 6.07) is 7.48. The summed E-state index contributed by atoms with van der Waals surface area (Å²) in [5.41, 5.74) is 1.53. The number of amides is 1. The van der Waals surface area contributed by atoms with E-state index in [4.69, 9.17) is 14.2 Å². The maximum absolute atomic E-state index is 12.5. The van der Waals surface area contributed by atoms with Crippen molar-refractivity contribution in [3.05, 3.63) is 52.5 Å². The molecule has 3 rings (SSSR count). The summed E-state index contributed by atoms with van der Waals surface area (Å²) in [6.07, 6.45) is 3.38. The van der Waals surface area contributed by atoms with Gasteiger partial charge in [-0.1, -0.05) is 12.1 Å². The quantitative estimate of drug-likeness (QED) is 0.638. The van der Waals surface area contributed by atoms with Crippen molar-refractivity contribution in [2.75, 3.05) is 26.1 Å². The van der Waals surface area contributed by atoms with Crippen molar-refractivity contribution < 1.29 is 19.0 Å². The van der Waals surface area contributed by atoms with Gasteiger partial charge in [0, 0.05) is 11.8 Å². The zero-order valence-corrected chi connectivity index (χ0v) is 16.2. The monoisotopic (exact) mass is 387 g/mol. The molecule has 0 unspecified atom stereocenters. The highest BCUT2D eigenvalue weighted by molar-refractivity contribution is 7.12. The SMILES string of the molecule is CCOc1ccsc1C(=O)Nc1cnn(Cc2cccc(OC)c2OC)c1. The number of carbonyl (C=O) groups is 1. The number of ether oxygens (including phenoxy) is 3. The van der Waals surface area contributed by atoms with E-state index >= 15 is 0 Å². The van der Waals surface area contributed by atoms with Crippen LogP contribution in [-0.2, 0) is 6.54 Å². The highest BCUT2D eigenvalue weighted by Gasteiger charge is 2.16. The highest BCUT2D eigenvalue weighted by Crippen LogP contribution is 2.31. The Morgan fingerprint density at radius 2 is 2.07 bits per heavy atom. The Bertz CT molecular complexity index is 919. The van der Waals surface area contributed by atoms with E-state index in [1.807, 2.05) is 30.5 Å². The van der Waals surface area contributed by atoms with Gasteiger partial charge in [0.15, 0.2) is 11.5 Å². The second-order valence-electron chi connectivity index (χ2n) is 5.58. The van der Waals surface area contributed by atoms with E-state index in [0.29, 0.717) is 41.0 Å². The molecule has 0 aliphatic rings. The number of rotatable bonds is 8. The molecule has 1 amide bonds. The van der Waals surface area contributed by atoms with E-state index in [2.05, 4.69) is 10.4 Å². The standard InChI is InChI=1S/C19H21N3O4S/c1-4-26-16-8-9-27-18(16)19(23)21-14-10-20-22(12-14)11-13-6-5-7-15(24-2)17(13)25-3/h5-10,12H,4,11H2,1-3H3,(H,21,23). The summed E-state index contributed by atoms with van der Waals surface area (Å²) in [4.78, 5) is 13.0. The minimum absolute atomic E-state index is 0.216. The number of methoxy groups -OCH3 is 2. The number of hydrogen-bond donors (Lipinski definition) is 1. The molecule has 0 saturated heterocycles. The average molecular weight is 387 g/mol. The lowest BCUT2D eigenvalue weighted by atomic mass is 10.2. The summed E-state index contributed by atoms with van der Waals surface area (Å²) >= 11 is 1.34. The van der Waals surface area contributed by atoms with Crippen molar-refractivity contribution >= 4 is 22.9 Å². The molecule has 0 spiro atoms. The molecular formula is C19H21N3O4S. The highest BCUT2D eigenvalue weighted by atomic mass is 32.1. The Kier molecular flexibility index (Phi) is 5.97. The minimum atomic E-state index is -0.216. The number of nitrogens with one attached hydrogen (secondary N) is 1. The van der Waals surface area contributed by atoms with Crippen LogP contribution in [0.15, 0.2) is 42.0 Å². The minimum Gasteiger partial charge on any atom is -0.493 e. The fourth-order valence-corrected chi connectivity index (χ4v) is 3.42. The van der Waals surface area contributed by atoms with Crippen molar-refractivity contribution in [2.45, 2.75) is 13.5 Å². The average Bonchev–Trinajstić information content (AvgIpc) is 3.31. The lowest BCUT2D eigenvalue weighted by molar-refractivity contribution is 0.102. The number of para-hydroxylation sites is 1. The van der Waals surface area contributed by atoms with Crippen LogP contribution in [0.2, 0.25) is 0 Å². The molecule has 1 N–H and O–H groups in total. The van der Waals surface area contributed by atoms with Crippen LogP contribution < -0.4 is 19.5 Å². The first-order valence-electron chi connectivity index (χ1n) is 8.40. The third-order valence-corrected chi connectivity index (χ3v) is 4.74. The van der Waals surface area contributed by atoms with E-state index in [-0.39, 0.29) is 5.91 Å². The second-order valence-corrected chi connectivity index (χ2v) is 6.50. The van der Waals surface area contributed by atoms with Gasteiger partial charge in [-0.15, -0.1) is 11.3 Å². The number of nitrogens with zero attached hydrogens (tertiary/aromatic N) is 2. The van der Waals surface area contributed by atoms with Gasteiger partial charge < -0.3 is 19.5 Å². The molecule has 27 heavy (non-hydrogen) atoms. The van der Waals surface area contributed by atoms with Gasteiger partial charge in [-0.25, -0.2) is 0 Å². The summed E-state index contributed by atoms with van der Waals surface area (Å²) in [5.74, 6) is 1.71. The molecule has 8 heteroatoms. The lowest BCUT2D eigenvalue weighted by Crippen LogP contribution is -2.11. The third-order valence-electron chi connectivity index (χ3n) is 3.84. The lowest BCUT2D eigenvalue weighted by Gasteiger charge is -2.12. The van der Waals surface area contributed by atoms with E-state index < -0.39 is 0 Å². The van der Waals surface area contributed by atoms with Crippen molar-refractivity contribution in [1.29, 1.82) is 0 Å². The summed E-state index contributed by atoms with van der Waals surface area (Å²) < 4.78 is 18.0. The molecule has 2 heterocycles. The van der Waals surface area contributed by atoms with Gasteiger partial charge in [-0.2, -0.15) is 5.10 Å². The molecular weight excluding hydrogens is 366 g/mol. The molecule has 0 radical (unpaired) electrons. The summed E-state index contributed by atoms with van der Waals surface area (Å²) in [6.45, 7) is 2.88. The Labute approximate surface area is 161 Å². The first-order chi connectivity index (χ1) is 13.2. The second kappa shape index (κ2) is 8.59. The topological polar surface area (TPSA) is 74.6 Å². The number of benzene rings is 1. The van der Waals surface area contributed by atoms with E-state index in [9.17, 15) is 4.79 Å². The fourth-order valence-electron chi connectivity index (χ4n) is 2.69. The maximum atomic E-state index is 12.5.